The van der Waals surface area contributed by atoms with Gasteiger partial charge in [-0.2, -0.15) is 18.3 Å². The first kappa shape index (κ1) is 11.0. The molecule has 0 unspecified atom stereocenters. The van der Waals surface area contributed by atoms with Crippen molar-refractivity contribution in [2.45, 2.75) is 19.5 Å². The molecule has 0 atom stereocenters. The SMILES string of the molecule is CCc1cc2cnn(C)c2cc1C(F)(F)F. The highest BCUT2D eigenvalue weighted by molar-refractivity contribution is 5.80. The van der Waals surface area contributed by atoms with Crippen molar-refractivity contribution >= 4 is 10.9 Å². The molecule has 0 fully saturated rings. The van der Waals surface area contributed by atoms with E-state index in [4.69, 9.17) is 0 Å². The van der Waals surface area contributed by atoms with E-state index in [1.165, 1.54) is 10.7 Å². The van der Waals surface area contributed by atoms with Crippen LogP contribution in [-0.2, 0) is 19.6 Å². The first-order chi connectivity index (χ1) is 7.43. The third-order valence-corrected chi connectivity index (χ3v) is 2.66. The Morgan fingerprint density at radius 1 is 1.31 bits per heavy atom. The molecule has 1 aromatic heterocycles. The number of benzene rings is 1. The molecule has 0 radical (unpaired) electrons. The minimum Gasteiger partial charge on any atom is -0.268 e. The van der Waals surface area contributed by atoms with Gasteiger partial charge in [-0.15, -0.1) is 0 Å². The van der Waals surface area contributed by atoms with Crippen LogP contribution in [0.15, 0.2) is 18.3 Å². The number of fused-ring (bicyclic) bond motifs is 1. The van der Waals surface area contributed by atoms with Crippen LogP contribution in [0.4, 0.5) is 13.2 Å². The van der Waals surface area contributed by atoms with Gasteiger partial charge in [0.25, 0.3) is 0 Å². The molecule has 0 aliphatic heterocycles. The number of nitrogens with zero attached hydrogens (tertiary/aromatic N) is 2. The van der Waals surface area contributed by atoms with Gasteiger partial charge in [0.1, 0.15) is 0 Å². The fraction of sp³-hybridized carbons (Fsp3) is 0.364. The lowest BCUT2D eigenvalue weighted by atomic mass is 10.0. The van der Waals surface area contributed by atoms with Crippen LogP contribution in [0.1, 0.15) is 18.1 Å². The topological polar surface area (TPSA) is 17.8 Å². The van der Waals surface area contributed by atoms with Crippen molar-refractivity contribution in [2.75, 3.05) is 0 Å². The van der Waals surface area contributed by atoms with Crippen molar-refractivity contribution in [1.82, 2.24) is 9.78 Å². The molecular formula is C11H11F3N2. The Labute approximate surface area is 90.7 Å². The van der Waals surface area contributed by atoms with Crippen LogP contribution in [0.5, 0.6) is 0 Å². The maximum absolute atomic E-state index is 12.8. The number of hydrogen-bond donors (Lipinski definition) is 0. The average Bonchev–Trinajstić information content (AvgIpc) is 2.57. The molecular weight excluding hydrogens is 217 g/mol. The number of halogens is 3. The zero-order valence-corrected chi connectivity index (χ0v) is 8.97. The Kier molecular flexibility index (Phi) is 2.40. The Balaban J connectivity index is 2.75. The molecule has 2 rings (SSSR count). The van der Waals surface area contributed by atoms with Gasteiger partial charge in [-0.05, 0) is 24.1 Å². The lowest BCUT2D eigenvalue weighted by Gasteiger charge is -2.12. The summed E-state index contributed by atoms with van der Waals surface area (Å²) in [7, 11) is 1.63. The third kappa shape index (κ3) is 1.66. The van der Waals surface area contributed by atoms with E-state index < -0.39 is 11.7 Å². The summed E-state index contributed by atoms with van der Waals surface area (Å²) >= 11 is 0. The van der Waals surface area contributed by atoms with Gasteiger partial charge >= 0.3 is 6.18 Å². The van der Waals surface area contributed by atoms with Gasteiger partial charge in [0.2, 0.25) is 0 Å². The van der Waals surface area contributed by atoms with Gasteiger partial charge < -0.3 is 0 Å². The molecule has 2 nitrogen and oxygen atoms in total. The van der Waals surface area contributed by atoms with E-state index in [-0.39, 0.29) is 0 Å². The normalized spacial score (nSPS) is 12.3. The quantitative estimate of drug-likeness (QED) is 0.733. The summed E-state index contributed by atoms with van der Waals surface area (Å²) < 4.78 is 39.8. The van der Waals surface area contributed by atoms with Gasteiger partial charge in [0.05, 0.1) is 17.3 Å². The number of alkyl halides is 3. The fourth-order valence-electron chi connectivity index (χ4n) is 1.80. The van der Waals surface area contributed by atoms with E-state index in [1.807, 2.05) is 0 Å². The summed E-state index contributed by atoms with van der Waals surface area (Å²) in [6, 6.07) is 2.73. The van der Waals surface area contributed by atoms with E-state index in [0.717, 1.165) is 5.39 Å². The van der Waals surface area contributed by atoms with Crippen LogP contribution in [0.3, 0.4) is 0 Å². The van der Waals surface area contributed by atoms with Crippen molar-refractivity contribution in [3.63, 3.8) is 0 Å². The smallest absolute Gasteiger partial charge is 0.268 e. The maximum Gasteiger partial charge on any atom is 0.416 e. The third-order valence-electron chi connectivity index (χ3n) is 2.66. The second kappa shape index (κ2) is 3.50. The molecule has 86 valence electrons. The molecule has 16 heavy (non-hydrogen) atoms. The predicted molar refractivity (Wildman–Crippen MR) is 55.1 cm³/mol. The minimum absolute atomic E-state index is 0.313. The molecule has 0 spiro atoms. The van der Waals surface area contributed by atoms with Crippen LogP contribution in [-0.4, -0.2) is 9.78 Å². The molecule has 0 saturated carbocycles. The molecule has 1 aromatic carbocycles. The van der Waals surface area contributed by atoms with Crippen LogP contribution in [0.2, 0.25) is 0 Å². The second-order valence-electron chi connectivity index (χ2n) is 3.69. The molecule has 1 heterocycles. The first-order valence-electron chi connectivity index (χ1n) is 4.95. The monoisotopic (exact) mass is 228 g/mol. The molecule has 0 N–H and O–H groups in total. The van der Waals surface area contributed by atoms with E-state index >= 15 is 0 Å². The average molecular weight is 228 g/mol. The summed E-state index contributed by atoms with van der Waals surface area (Å²) in [5.41, 5.74) is 0.253. The summed E-state index contributed by atoms with van der Waals surface area (Å²) in [5, 5.41) is 4.69. The standard InChI is InChI=1S/C11H11F3N2/c1-3-7-4-8-6-15-16(2)10(8)5-9(7)11(12,13)14/h4-6H,3H2,1-2H3. The van der Waals surface area contributed by atoms with E-state index in [0.29, 0.717) is 17.5 Å². The van der Waals surface area contributed by atoms with Gasteiger partial charge in [-0.1, -0.05) is 6.92 Å². The molecule has 0 saturated heterocycles. The molecule has 0 aliphatic carbocycles. The zero-order valence-electron chi connectivity index (χ0n) is 8.97. The Hall–Kier alpha value is -1.52. The second-order valence-corrected chi connectivity index (χ2v) is 3.69. The minimum atomic E-state index is -4.30. The highest BCUT2D eigenvalue weighted by atomic mass is 19.4. The summed E-state index contributed by atoms with van der Waals surface area (Å²) in [4.78, 5) is 0. The molecule has 2 aromatic rings. The lowest BCUT2D eigenvalue weighted by Crippen LogP contribution is -2.09. The summed E-state index contributed by atoms with van der Waals surface area (Å²) in [5.74, 6) is 0. The first-order valence-corrected chi connectivity index (χ1v) is 4.95. The largest absolute Gasteiger partial charge is 0.416 e. The molecule has 5 heteroatoms. The predicted octanol–water partition coefficient (Wildman–Crippen LogP) is 3.15. The fourth-order valence-corrected chi connectivity index (χ4v) is 1.80. The molecule has 0 amide bonds. The van der Waals surface area contributed by atoms with Gasteiger partial charge in [-0.3, -0.25) is 4.68 Å². The number of aryl methyl sites for hydroxylation is 2. The number of hydrogen-bond acceptors (Lipinski definition) is 1. The van der Waals surface area contributed by atoms with Crippen LogP contribution in [0, 0.1) is 0 Å². The van der Waals surface area contributed by atoms with Crippen molar-refractivity contribution < 1.29 is 13.2 Å². The number of rotatable bonds is 1. The summed E-state index contributed by atoms with van der Waals surface area (Å²) in [6.45, 7) is 1.72. The lowest BCUT2D eigenvalue weighted by molar-refractivity contribution is -0.138. The van der Waals surface area contributed by atoms with Crippen molar-refractivity contribution in [2.24, 2.45) is 7.05 Å². The summed E-state index contributed by atoms with van der Waals surface area (Å²) in [6.07, 6.45) is -2.36. The van der Waals surface area contributed by atoms with Gasteiger partial charge in [0, 0.05) is 12.4 Å². The molecule has 0 bridgehead atoms. The van der Waals surface area contributed by atoms with Crippen LogP contribution < -0.4 is 0 Å². The van der Waals surface area contributed by atoms with Crippen molar-refractivity contribution in [3.05, 3.63) is 29.5 Å². The van der Waals surface area contributed by atoms with Gasteiger partial charge in [0.15, 0.2) is 0 Å². The van der Waals surface area contributed by atoms with E-state index in [9.17, 15) is 13.2 Å². The number of aromatic nitrogens is 2. The van der Waals surface area contributed by atoms with Crippen molar-refractivity contribution in [1.29, 1.82) is 0 Å². The van der Waals surface area contributed by atoms with E-state index in [1.54, 1.807) is 26.2 Å². The Bertz CT molecular complexity index is 526. The maximum atomic E-state index is 12.8. The highest BCUT2D eigenvalue weighted by Gasteiger charge is 2.33. The van der Waals surface area contributed by atoms with Gasteiger partial charge in [-0.25, -0.2) is 0 Å². The molecule has 0 aliphatic rings. The van der Waals surface area contributed by atoms with E-state index in [2.05, 4.69) is 5.10 Å². The zero-order chi connectivity index (χ0) is 11.9. The van der Waals surface area contributed by atoms with Crippen LogP contribution >= 0.6 is 0 Å². The van der Waals surface area contributed by atoms with Crippen molar-refractivity contribution in [3.8, 4) is 0 Å². The Morgan fingerprint density at radius 3 is 2.56 bits per heavy atom. The highest BCUT2D eigenvalue weighted by Crippen LogP contribution is 2.34. The van der Waals surface area contributed by atoms with Crippen LogP contribution in [0.25, 0.3) is 10.9 Å². The Morgan fingerprint density at radius 2 is 2.00 bits per heavy atom.